The minimum absolute atomic E-state index is 0.0540. The first kappa shape index (κ1) is 21.8. The summed E-state index contributed by atoms with van der Waals surface area (Å²) in [6.45, 7) is 5.38. The number of aromatic amines is 1. The average Bonchev–Trinajstić information content (AvgIpc) is 3.21. The minimum Gasteiger partial charge on any atom is -0.358 e. The lowest BCUT2D eigenvalue weighted by Gasteiger charge is -2.39. The molecule has 33 heavy (non-hydrogen) atoms. The predicted molar refractivity (Wildman–Crippen MR) is 123 cm³/mol. The lowest BCUT2D eigenvalue weighted by atomic mass is 9.80. The van der Waals surface area contributed by atoms with Gasteiger partial charge in [0.1, 0.15) is 11.6 Å². The van der Waals surface area contributed by atoms with Crippen molar-refractivity contribution in [3.63, 3.8) is 0 Å². The van der Waals surface area contributed by atoms with Crippen LogP contribution in [0.15, 0.2) is 24.4 Å². The number of H-pyrrole nitrogens is 1. The van der Waals surface area contributed by atoms with Crippen molar-refractivity contribution in [1.82, 2.24) is 20.2 Å². The molecule has 1 saturated heterocycles. The van der Waals surface area contributed by atoms with E-state index in [0.717, 1.165) is 49.4 Å². The number of aromatic nitrogens is 4. The molecular formula is C21H26FN7O3S. The van der Waals surface area contributed by atoms with Gasteiger partial charge < -0.3 is 19.7 Å². The number of hydrogen-bond acceptors (Lipinski definition) is 9. The number of fused-ring (bicyclic) bond motifs is 2. The molecule has 5 rings (SSSR count). The van der Waals surface area contributed by atoms with E-state index in [1.807, 2.05) is 4.90 Å². The third-order valence-corrected chi connectivity index (χ3v) is 7.04. The first-order valence-corrected chi connectivity index (χ1v) is 12.3. The Bertz CT molecular complexity index is 1290. The fraction of sp³-hybridized carbons (Fsp3) is 0.476. The summed E-state index contributed by atoms with van der Waals surface area (Å²) in [4.78, 5) is 13.7. The number of aryl methyl sites for hydroxylation is 1. The first-order valence-electron chi connectivity index (χ1n) is 11.0. The van der Waals surface area contributed by atoms with Crippen LogP contribution in [0.2, 0.25) is 0 Å². The Balaban J connectivity index is 1.41. The Morgan fingerprint density at radius 3 is 2.79 bits per heavy atom. The van der Waals surface area contributed by atoms with E-state index in [9.17, 15) is 12.3 Å². The highest BCUT2D eigenvalue weighted by Crippen LogP contribution is 2.38. The number of halogens is 1. The number of rotatable bonds is 5. The van der Waals surface area contributed by atoms with Crippen molar-refractivity contribution in [3.05, 3.63) is 30.0 Å². The predicted octanol–water partition coefficient (Wildman–Crippen LogP) is 2.60. The molecule has 0 aliphatic carbocycles. The Morgan fingerprint density at radius 1 is 1.27 bits per heavy atom. The van der Waals surface area contributed by atoms with Crippen LogP contribution >= 0.6 is 0 Å². The maximum atomic E-state index is 12.9. The second-order valence-electron chi connectivity index (χ2n) is 9.00. The summed E-state index contributed by atoms with van der Waals surface area (Å²) in [5.74, 6) is 1.40. The SMILES string of the molecule is CC1(CN)CCN(c2cnc3c(N4CCCc5cc(OS(=O)(=O)F)ccc54)n[nH]c3n2)CC1. The summed E-state index contributed by atoms with van der Waals surface area (Å²) in [6, 6.07) is 4.68. The Labute approximate surface area is 191 Å². The smallest absolute Gasteiger partial charge is 0.358 e. The summed E-state index contributed by atoms with van der Waals surface area (Å²) in [7, 11) is -5.07. The summed E-state index contributed by atoms with van der Waals surface area (Å²) < 4.78 is 38.9. The number of hydrogen-bond donors (Lipinski definition) is 2. The third-order valence-electron chi connectivity index (χ3n) is 6.65. The van der Waals surface area contributed by atoms with Gasteiger partial charge in [0, 0.05) is 25.3 Å². The molecule has 3 N–H and O–H groups in total. The fourth-order valence-electron chi connectivity index (χ4n) is 4.56. The van der Waals surface area contributed by atoms with E-state index in [1.165, 1.54) is 6.07 Å². The maximum absolute atomic E-state index is 12.9. The Kier molecular flexibility index (Phi) is 5.36. The van der Waals surface area contributed by atoms with Gasteiger partial charge in [-0.05, 0) is 61.4 Å². The summed E-state index contributed by atoms with van der Waals surface area (Å²) in [5.41, 5.74) is 9.05. The van der Waals surface area contributed by atoms with Crippen LogP contribution < -0.4 is 19.7 Å². The topological polar surface area (TPSA) is 130 Å². The quantitative estimate of drug-likeness (QED) is 0.535. The average molecular weight is 476 g/mol. The monoisotopic (exact) mass is 475 g/mol. The lowest BCUT2D eigenvalue weighted by molar-refractivity contribution is 0.258. The van der Waals surface area contributed by atoms with Gasteiger partial charge in [0.05, 0.1) is 6.20 Å². The van der Waals surface area contributed by atoms with Crippen LogP contribution in [0.4, 0.5) is 21.2 Å². The minimum atomic E-state index is -5.07. The molecule has 1 aromatic carbocycles. The van der Waals surface area contributed by atoms with E-state index in [0.29, 0.717) is 36.5 Å². The highest BCUT2D eigenvalue weighted by atomic mass is 32.3. The molecule has 1 fully saturated rings. The molecule has 0 saturated carbocycles. The van der Waals surface area contributed by atoms with Crippen molar-refractivity contribution in [3.8, 4) is 5.75 Å². The number of nitrogens with one attached hydrogen (secondary N) is 1. The highest BCUT2D eigenvalue weighted by molar-refractivity contribution is 7.81. The fourth-order valence-corrected chi connectivity index (χ4v) is 4.89. The van der Waals surface area contributed by atoms with Crippen molar-refractivity contribution in [2.75, 3.05) is 36.0 Å². The standard InChI is InChI=1S/C21H26FN7O3S/c1-21(13-23)6-9-28(10-7-21)17-12-24-18-19(25-17)26-27-20(18)29-8-2-3-14-11-15(4-5-16(14)29)32-33(22,30)31/h4-5,11-12H,2-3,6-10,13,23H2,1H3,(H,25,26,27). The van der Waals surface area contributed by atoms with Crippen molar-refractivity contribution in [2.24, 2.45) is 11.1 Å². The van der Waals surface area contributed by atoms with Crippen LogP contribution in [-0.2, 0) is 16.9 Å². The van der Waals surface area contributed by atoms with Crippen LogP contribution in [0.5, 0.6) is 5.75 Å². The van der Waals surface area contributed by atoms with Gasteiger partial charge in [-0.2, -0.15) is 13.5 Å². The van der Waals surface area contributed by atoms with Crippen molar-refractivity contribution < 1.29 is 16.5 Å². The zero-order valence-electron chi connectivity index (χ0n) is 18.3. The van der Waals surface area contributed by atoms with Crippen LogP contribution in [0.25, 0.3) is 11.2 Å². The molecule has 2 aliphatic rings. The Morgan fingerprint density at radius 2 is 2.06 bits per heavy atom. The molecular weight excluding hydrogens is 449 g/mol. The number of nitrogens with two attached hydrogens (primary N) is 1. The zero-order chi connectivity index (χ0) is 23.2. The van der Waals surface area contributed by atoms with Crippen molar-refractivity contribution in [2.45, 2.75) is 32.6 Å². The zero-order valence-corrected chi connectivity index (χ0v) is 19.1. The van der Waals surface area contributed by atoms with E-state index in [-0.39, 0.29) is 11.2 Å². The van der Waals surface area contributed by atoms with E-state index in [2.05, 4.69) is 31.2 Å². The van der Waals surface area contributed by atoms with E-state index < -0.39 is 10.5 Å². The van der Waals surface area contributed by atoms with Crippen molar-refractivity contribution in [1.29, 1.82) is 0 Å². The number of benzene rings is 1. The van der Waals surface area contributed by atoms with Gasteiger partial charge in [0.15, 0.2) is 17.0 Å². The molecule has 0 amide bonds. The van der Waals surface area contributed by atoms with Gasteiger partial charge in [0.25, 0.3) is 0 Å². The number of piperidine rings is 1. The molecule has 0 unspecified atom stereocenters. The van der Waals surface area contributed by atoms with Crippen LogP contribution in [0.3, 0.4) is 0 Å². The largest absolute Gasteiger partial charge is 0.488 e. The third kappa shape index (κ3) is 4.32. The highest BCUT2D eigenvalue weighted by Gasteiger charge is 2.30. The summed E-state index contributed by atoms with van der Waals surface area (Å²) in [5, 5.41) is 7.48. The van der Waals surface area contributed by atoms with Gasteiger partial charge in [-0.25, -0.2) is 9.97 Å². The first-order chi connectivity index (χ1) is 15.7. The van der Waals surface area contributed by atoms with Gasteiger partial charge in [-0.15, -0.1) is 0 Å². The van der Waals surface area contributed by atoms with Gasteiger partial charge in [-0.1, -0.05) is 10.8 Å². The van der Waals surface area contributed by atoms with Crippen molar-refractivity contribution >= 4 is 39.0 Å². The molecule has 0 radical (unpaired) electrons. The second-order valence-corrected chi connectivity index (χ2v) is 9.95. The van der Waals surface area contributed by atoms with Gasteiger partial charge in [-0.3, -0.25) is 5.10 Å². The molecule has 2 aromatic heterocycles. The second kappa shape index (κ2) is 8.10. The van der Waals surface area contributed by atoms with Gasteiger partial charge in [0.2, 0.25) is 0 Å². The van der Waals surface area contributed by atoms with E-state index >= 15 is 0 Å². The van der Waals surface area contributed by atoms with E-state index in [1.54, 1.807) is 18.3 Å². The summed E-state index contributed by atoms with van der Waals surface area (Å²) in [6.07, 6.45) is 5.33. The Hall–Kier alpha value is -2.99. The molecule has 0 spiro atoms. The molecule has 10 nitrogen and oxygen atoms in total. The van der Waals surface area contributed by atoms with Crippen LogP contribution in [-0.4, -0.2) is 54.8 Å². The van der Waals surface area contributed by atoms with Crippen LogP contribution in [0, 0.1) is 5.41 Å². The normalized spacial score (nSPS) is 18.4. The molecule has 176 valence electrons. The summed E-state index contributed by atoms with van der Waals surface area (Å²) >= 11 is 0. The molecule has 2 aliphatic heterocycles. The molecule has 0 bridgehead atoms. The molecule has 3 aromatic rings. The molecule has 4 heterocycles. The maximum Gasteiger partial charge on any atom is 0.488 e. The number of anilines is 3. The van der Waals surface area contributed by atoms with Gasteiger partial charge >= 0.3 is 10.5 Å². The molecule has 0 atom stereocenters. The van der Waals surface area contributed by atoms with Crippen LogP contribution in [0.1, 0.15) is 31.7 Å². The molecule has 12 heteroatoms. The number of nitrogens with zero attached hydrogens (tertiary/aromatic N) is 5. The lowest BCUT2D eigenvalue weighted by Crippen LogP contribution is -2.42. The van der Waals surface area contributed by atoms with E-state index in [4.69, 9.17) is 10.7 Å².